The maximum Gasteiger partial charge on any atom is 0.242 e. The molecule has 7 heteroatoms. The van der Waals surface area contributed by atoms with Gasteiger partial charge in [0.15, 0.2) is 5.82 Å². The summed E-state index contributed by atoms with van der Waals surface area (Å²) in [6.45, 7) is 4.45. The zero-order chi connectivity index (χ0) is 19.5. The van der Waals surface area contributed by atoms with E-state index in [0.29, 0.717) is 26.2 Å². The van der Waals surface area contributed by atoms with Gasteiger partial charge in [0.25, 0.3) is 0 Å². The average molecular weight is 379 g/mol. The summed E-state index contributed by atoms with van der Waals surface area (Å²) in [6, 6.07) is 14.2. The summed E-state index contributed by atoms with van der Waals surface area (Å²) in [5.74, 6) is 0.852. The molecule has 1 aromatic carbocycles. The van der Waals surface area contributed by atoms with Gasteiger partial charge in [-0.3, -0.25) is 9.59 Å². The third-order valence-corrected chi connectivity index (χ3v) is 5.37. The first-order valence-corrected chi connectivity index (χ1v) is 9.81. The quantitative estimate of drug-likeness (QED) is 0.792. The number of nitrogens with zero attached hydrogens (tertiary/aromatic N) is 5. The highest BCUT2D eigenvalue weighted by Gasteiger charge is 2.33. The summed E-state index contributed by atoms with van der Waals surface area (Å²) in [7, 11) is 0. The van der Waals surface area contributed by atoms with E-state index in [-0.39, 0.29) is 24.4 Å². The molecule has 2 heterocycles. The molecule has 1 saturated heterocycles. The number of anilines is 1. The highest BCUT2D eigenvalue weighted by molar-refractivity contribution is 5.84. The standard InChI is InChI=1S/C21H25N5O2/c1-16(27)26(18-7-8-18)15-21(28)25-13-11-24(12-14-25)20-10-9-19(22-23-20)17-5-3-2-4-6-17/h2-6,9-10,18H,7-8,11-15H2,1H3. The molecule has 0 atom stereocenters. The molecule has 4 rings (SSSR count). The van der Waals surface area contributed by atoms with Crippen LogP contribution in [-0.4, -0.2) is 70.6 Å². The number of carbonyl (C=O) groups is 2. The fourth-order valence-electron chi connectivity index (χ4n) is 3.57. The van der Waals surface area contributed by atoms with Crippen molar-refractivity contribution in [3.63, 3.8) is 0 Å². The number of hydrogen-bond acceptors (Lipinski definition) is 5. The minimum absolute atomic E-state index is 0.0109. The molecule has 0 radical (unpaired) electrons. The Balaban J connectivity index is 1.32. The average Bonchev–Trinajstić information content (AvgIpc) is 3.58. The lowest BCUT2D eigenvalue weighted by molar-refractivity contribution is -0.140. The Morgan fingerprint density at radius 3 is 2.29 bits per heavy atom. The maximum atomic E-state index is 12.6. The summed E-state index contributed by atoms with van der Waals surface area (Å²) in [5.41, 5.74) is 1.89. The smallest absolute Gasteiger partial charge is 0.242 e. The monoisotopic (exact) mass is 379 g/mol. The first-order chi connectivity index (χ1) is 13.6. The lowest BCUT2D eigenvalue weighted by atomic mass is 10.1. The summed E-state index contributed by atoms with van der Waals surface area (Å²) < 4.78 is 0. The number of rotatable bonds is 5. The van der Waals surface area contributed by atoms with Crippen LogP contribution in [0.15, 0.2) is 42.5 Å². The summed E-state index contributed by atoms with van der Waals surface area (Å²) in [6.07, 6.45) is 2.02. The topological polar surface area (TPSA) is 69.6 Å². The van der Waals surface area contributed by atoms with Gasteiger partial charge in [0.1, 0.15) is 0 Å². The molecule has 2 amide bonds. The Bertz CT molecular complexity index is 828. The molecule has 7 nitrogen and oxygen atoms in total. The summed E-state index contributed by atoms with van der Waals surface area (Å²) in [4.78, 5) is 30.0. The third kappa shape index (κ3) is 4.13. The van der Waals surface area contributed by atoms with Crippen molar-refractivity contribution in [2.24, 2.45) is 0 Å². The molecule has 146 valence electrons. The molecule has 0 unspecified atom stereocenters. The minimum Gasteiger partial charge on any atom is -0.352 e. The zero-order valence-corrected chi connectivity index (χ0v) is 16.1. The lowest BCUT2D eigenvalue weighted by Crippen LogP contribution is -2.52. The van der Waals surface area contributed by atoms with Gasteiger partial charge in [0.2, 0.25) is 11.8 Å². The number of piperazine rings is 1. The van der Waals surface area contributed by atoms with Crippen LogP contribution < -0.4 is 4.90 Å². The molecule has 2 aliphatic rings. The van der Waals surface area contributed by atoms with Crippen molar-refractivity contribution < 1.29 is 9.59 Å². The van der Waals surface area contributed by atoms with E-state index in [9.17, 15) is 9.59 Å². The van der Waals surface area contributed by atoms with Crippen LogP contribution in [0.5, 0.6) is 0 Å². The molecule has 1 aliphatic heterocycles. The molecular formula is C21H25N5O2. The zero-order valence-electron chi connectivity index (χ0n) is 16.1. The van der Waals surface area contributed by atoms with Crippen molar-refractivity contribution in [3.05, 3.63) is 42.5 Å². The molecule has 28 heavy (non-hydrogen) atoms. The third-order valence-electron chi connectivity index (χ3n) is 5.37. The predicted molar refractivity (Wildman–Crippen MR) is 107 cm³/mol. The van der Waals surface area contributed by atoms with E-state index in [4.69, 9.17) is 0 Å². The Kier molecular flexibility index (Phi) is 5.23. The Labute approximate surface area is 165 Å². The molecule has 2 aromatic rings. The summed E-state index contributed by atoms with van der Waals surface area (Å²) >= 11 is 0. The number of carbonyl (C=O) groups excluding carboxylic acids is 2. The van der Waals surface area contributed by atoms with E-state index >= 15 is 0 Å². The van der Waals surface area contributed by atoms with Gasteiger partial charge in [-0.25, -0.2) is 0 Å². The van der Waals surface area contributed by atoms with Crippen molar-refractivity contribution in [2.75, 3.05) is 37.6 Å². The van der Waals surface area contributed by atoms with E-state index in [1.165, 1.54) is 0 Å². The van der Waals surface area contributed by atoms with Gasteiger partial charge in [-0.2, -0.15) is 0 Å². The van der Waals surface area contributed by atoms with Crippen LogP contribution in [-0.2, 0) is 9.59 Å². The van der Waals surface area contributed by atoms with Crippen LogP contribution in [0.3, 0.4) is 0 Å². The van der Waals surface area contributed by atoms with Crippen LogP contribution in [0.1, 0.15) is 19.8 Å². The molecule has 0 bridgehead atoms. The Morgan fingerprint density at radius 2 is 1.71 bits per heavy atom. The highest BCUT2D eigenvalue weighted by Crippen LogP contribution is 2.27. The second kappa shape index (κ2) is 7.96. The predicted octanol–water partition coefficient (Wildman–Crippen LogP) is 1.80. The van der Waals surface area contributed by atoms with E-state index in [1.807, 2.05) is 47.4 Å². The molecule has 0 N–H and O–H groups in total. The van der Waals surface area contributed by atoms with Gasteiger partial charge in [-0.15, -0.1) is 10.2 Å². The van der Waals surface area contributed by atoms with Crippen molar-refractivity contribution in [1.82, 2.24) is 20.0 Å². The largest absolute Gasteiger partial charge is 0.352 e. The summed E-state index contributed by atoms with van der Waals surface area (Å²) in [5, 5.41) is 8.72. The fourth-order valence-corrected chi connectivity index (χ4v) is 3.57. The van der Waals surface area contributed by atoms with Crippen molar-refractivity contribution >= 4 is 17.6 Å². The van der Waals surface area contributed by atoms with Gasteiger partial charge in [0, 0.05) is 44.7 Å². The van der Waals surface area contributed by atoms with Crippen molar-refractivity contribution in [1.29, 1.82) is 0 Å². The van der Waals surface area contributed by atoms with Crippen molar-refractivity contribution in [2.45, 2.75) is 25.8 Å². The Morgan fingerprint density at radius 1 is 1.00 bits per heavy atom. The second-order valence-corrected chi connectivity index (χ2v) is 7.39. The number of amides is 2. The molecule has 1 aromatic heterocycles. The van der Waals surface area contributed by atoms with Crippen LogP contribution in [0, 0.1) is 0 Å². The maximum absolute atomic E-state index is 12.6. The minimum atomic E-state index is -0.0109. The molecular weight excluding hydrogens is 354 g/mol. The first-order valence-electron chi connectivity index (χ1n) is 9.81. The lowest BCUT2D eigenvalue weighted by Gasteiger charge is -2.36. The normalized spacial score (nSPS) is 16.8. The van der Waals surface area contributed by atoms with E-state index in [1.54, 1.807) is 11.8 Å². The van der Waals surface area contributed by atoms with Crippen LogP contribution >= 0.6 is 0 Å². The van der Waals surface area contributed by atoms with Crippen molar-refractivity contribution in [3.8, 4) is 11.3 Å². The second-order valence-electron chi connectivity index (χ2n) is 7.39. The molecule has 0 spiro atoms. The van der Waals surface area contributed by atoms with E-state index in [2.05, 4.69) is 15.1 Å². The van der Waals surface area contributed by atoms with Gasteiger partial charge in [-0.05, 0) is 25.0 Å². The van der Waals surface area contributed by atoms with Gasteiger partial charge in [0.05, 0.1) is 12.2 Å². The first kappa shape index (κ1) is 18.4. The Hall–Kier alpha value is -2.96. The van der Waals surface area contributed by atoms with Gasteiger partial charge >= 0.3 is 0 Å². The molecule has 1 saturated carbocycles. The number of benzene rings is 1. The SMILES string of the molecule is CC(=O)N(CC(=O)N1CCN(c2ccc(-c3ccccc3)nn2)CC1)C1CC1. The number of aromatic nitrogens is 2. The number of hydrogen-bond donors (Lipinski definition) is 0. The van der Waals surface area contributed by atoms with E-state index in [0.717, 1.165) is 29.9 Å². The molecule has 1 aliphatic carbocycles. The fraction of sp³-hybridized carbons (Fsp3) is 0.429. The van der Waals surface area contributed by atoms with Crippen LogP contribution in [0.4, 0.5) is 5.82 Å². The van der Waals surface area contributed by atoms with Gasteiger partial charge in [-0.1, -0.05) is 30.3 Å². The van der Waals surface area contributed by atoms with Crippen LogP contribution in [0.2, 0.25) is 0 Å². The van der Waals surface area contributed by atoms with Crippen LogP contribution in [0.25, 0.3) is 11.3 Å². The molecule has 2 fully saturated rings. The van der Waals surface area contributed by atoms with E-state index < -0.39 is 0 Å². The van der Waals surface area contributed by atoms with Gasteiger partial charge < -0.3 is 14.7 Å². The highest BCUT2D eigenvalue weighted by atomic mass is 16.2.